The van der Waals surface area contributed by atoms with Crippen molar-refractivity contribution in [3.05, 3.63) is 0 Å². The van der Waals surface area contributed by atoms with E-state index in [1.807, 2.05) is 13.8 Å². The smallest absolute Gasteiger partial charge is 0.326 e. The molecule has 0 heterocycles. The predicted octanol–water partition coefficient (Wildman–Crippen LogP) is 0.0488. The number of primary amides is 1. The van der Waals surface area contributed by atoms with Gasteiger partial charge in [0.1, 0.15) is 6.04 Å². The third kappa shape index (κ3) is 7.48. The monoisotopic (exact) mass is 259 g/mol. The zero-order valence-electron chi connectivity index (χ0n) is 10.9. The van der Waals surface area contributed by atoms with Crippen LogP contribution >= 0.6 is 0 Å². The summed E-state index contributed by atoms with van der Waals surface area (Å²) in [6.07, 6.45) is 0.349. The van der Waals surface area contributed by atoms with Crippen molar-refractivity contribution < 1.29 is 19.5 Å². The zero-order valence-corrected chi connectivity index (χ0v) is 10.9. The van der Waals surface area contributed by atoms with Crippen molar-refractivity contribution >= 4 is 17.9 Å². The van der Waals surface area contributed by atoms with Crippen molar-refractivity contribution in [3.8, 4) is 0 Å². The van der Waals surface area contributed by atoms with Crippen molar-refractivity contribution in [1.82, 2.24) is 10.6 Å². The Morgan fingerprint density at radius 1 is 1.17 bits per heavy atom. The second-order valence-electron chi connectivity index (χ2n) is 4.71. The average molecular weight is 259 g/mol. The van der Waals surface area contributed by atoms with Gasteiger partial charge in [-0.1, -0.05) is 13.8 Å². The molecule has 104 valence electrons. The lowest BCUT2D eigenvalue weighted by molar-refractivity contribution is -0.139. The topological polar surface area (TPSA) is 122 Å². The molecule has 0 aliphatic heterocycles. The third-order valence-electron chi connectivity index (χ3n) is 2.20. The van der Waals surface area contributed by atoms with Crippen LogP contribution in [-0.2, 0) is 9.59 Å². The van der Waals surface area contributed by atoms with Crippen LogP contribution in [-0.4, -0.2) is 35.1 Å². The fourth-order valence-corrected chi connectivity index (χ4v) is 1.47. The van der Waals surface area contributed by atoms with E-state index in [9.17, 15) is 14.4 Å². The first-order valence-electron chi connectivity index (χ1n) is 5.80. The summed E-state index contributed by atoms with van der Waals surface area (Å²) in [5, 5.41) is 13.7. The van der Waals surface area contributed by atoms with Gasteiger partial charge in [0, 0.05) is 12.5 Å². The van der Waals surface area contributed by atoms with E-state index in [-0.39, 0.29) is 12.3 Å². The van der Waals surface area contributed by atoms with Crippen LogP contribution in [0.3, 0.4) is 0 Å². The molecule has 7 nitrogen and oxygen atoms in total. The number of carbonyl (C=O) groups is 3. The normalized spacial score (nSPS) is 13.8. The molecule has 3 amide bonds. The van der Waals surface area contributed by atoms with Crippen molar-refractivity contribution in [1.29, 1.82) is 0 Å². The van der Waals surface area contributed by atoms with E-state index in [0.717, 1.165) is 0 Å². The minimum atomic E-state index is -1.08. The Balaban J connectivity index is 4.25. The van der Waals surface area contributed by atoms with Gasteiger partial charge in [0.25, 0.3) is 0 Å². The van der Waals surface area contributed by atoms with Gasteiger partial charge in [-0.3, -0.25) is 4.79 Å². The van der Waals surface area contributed by atoms with Gasteiger partial charge in [0.15, 0.2) is 0 Å². The average Bonchev–Trinajstić information content (AvgIpc) is 2.13. The minimum absolute atomic E-state index is 0.00926. The van der Waals surface area contributed by atoms with Crippen LogP contribution in [0.5, 0.6) is 0 Å². The van der Waals surface area contributed by atoms with E-state index >= 15 is 0 Å². The fourth-order valence-electron chi connectivity index (χ4n) is 1.47. The van der Waals surface area contributed by atoms with Gasteiger partial charge in [-0.05, 0) is 19.3 Å². The number of carbonyl (C=O) groups excluding carboxylic acids is 2. The Morgan fingerprint density at radius 2 is 1.72 bits per heavy atom. The largest absolute Gasteiger partial charge is 0.480 e. The highest BCUT2D eigenvalue weighted by Crippen LogP contribution is 2.04. The number of urea groups is 1. The summed E-state index contributed by atoms with van der Waals surface area (Å²) in [7, 11) is 0. The highest BCUT2D eigenvalue weighted by molar-refractivity contribution is 5.83. The quantitative estimate of drug-likeness (QED) is 0.516. The Kier molecular flexibility index (Phi) is 6.77. The second kappa shape index (κ2) is 7.52. The Labute approximate surface area is 106 Å². The van der Waals surface area contributed by atoms with Crippen molar-refractivity contribution in [2.24, 2.45) is 11.7 Å². The van der Waals surface area contributed by atoms with Crippen molar-refractivity contribution in [3.63, 3.8) is 0 Å². The molecule has 0 saturated carbocycles. The molecular formula is C11H21N3O4. The van der Waals surface area contributed by atoms with Crippen molar-refractivity contribution in [2.75, 3.05) is 0 Å². The summed E-state index contributed by atoms with van der Waals surface area (Å²) in [5.74, 6) is -1.46. The first-order valence-corrected chi connectivity index (χ1v) is 5.80. The lowest BCUT2D eigenvalue weighted by Crippen LogP contribution is -2.49. The molecule has 0 aromatic heterocycles. The second-order valence-corrected chi connectivity index (χ2v) is 4.71. The maximum absolute atomic E-state index is 11.5. The molecule has 0 spiro atoms. The number of nitrogens with two attached hydrogens (primary N) is 1. The van der Waals surface area contributed by atoms with E-state index in [1.165, 1.54) is 0 Å². The molecule has 7 heteroatoms. The molecule has 18 heavy (non-hydrogen) atoms. The van der Waals surface area contributed by atoms with Crippen LogP contribution in [0.15, 0.2) is 0 Å². The van der Waals surface area contributed by atoms with Gasteiger partial charge >= 0.3 is 12.0 Å². The molecule has 0 aromatic carbocycles. The van der Waals surface area contributed by atoms with E-state index in [1.54, 1.807) is 6.92 Å². The first-order chi connectivity index (χ1) is 8.22. The Hall–Kier alpha value is -1.79. The van der Waals surface area contributed by atoms with Crippen LogP contribution in [0, 0.1) is 5.92 Å². The third-order valence-corrected chi connectivity index (χ3v) is 2.20. The van der Waals surface area contributed by atoms with Crippen LogP contribution in [0.4, 0.5) is 4.79 Å². The maximum atomic E-state index is 11.5. The predicted molar refractivity (Wildman–Crippen MR) is 65.8 cm³/mol. The SMILES string of the molecule is CC(C)C[C@@H](NC(=O)NC(C)CC(N)=O)C(=O)O. The van der Waals surface area contributed by atoms with E-state index in [2.05, 4.69) is 10.6 Å². The number of rotatable bonds is 7. The van der Waals surface area contributed by atoms with E-state index in [4.69, 9.17) is 10.8 Å². The maximum Gasteiger partial charge on any atom is 0.326 e. The number of carboxylic acid groups (broad SMARTS) is 1. The molecule has 2 atom stereocenters. The van der Waals surface area contributed by atoms with Crippen LogP contribution in [0.25, 0.3) is 0 Å². The Morgan fingerprint density at radius 3 is 2.11 bits per heavy atom. The lowest BCUT2D eigenvalue weighted by Gasteiger charge is -2.18. The molecule has 0 aromatic rings. The number of aliphatic carboxylic acids is 1. The van der Waals surface area contributed by atoms with Gasteiger partial charge in [0.2, 0.25) is 5.91 Å². The highest BCUT2D eigenvalue weighted by Gasteiger charge is 2.21. The van der Waals surface area contributed by atoms with Crippen LogP contribution in [0.1, 0.15) is 33.6 Å². The lowest BCUT2D eigenvalue weighted by atomic mass is 10.0. The number of hydrogen-bond acceptors (Lipinski definition) is 3. The van der Waals surface area contributed by atoms with Gasteiger partial charge < -0.3 is 21.5 Å². The summed E-state index contributed by atoms with van der Waals surface area (Å²) in [4.78, 5) is 33.0. The fraction of sp³-hybridized carbons (Fsp3) is 0.727. The van der Waals surface area contributed by atoms with Crippen molar-refractivity contribution in [2.45, 2.75) is 45.7 Å². The van der Waals surface area contributed by atoms with Crippen LogP contribution < -0.4 is 16.4 Å². The summed E-state index contributed by atoms with van der Waals surface area (Å²) in [5.41, 5.74) is 4.98. The van der Waals surface area contributed by atoms with Gasteiger partial charge in [-0.25, -0.2) is 9.59 Å². The molecule has 0 radical (unpaired) electrons. The molecule has 0 bridgehead atoms. The summed E-state index contributed by atoms with van der Waals surface area (Å²) < 4.78 is 0. The number of carboxylic acids is 1. The molecule has 1 unspecified atom stereocenters. The van der Waals surface area contributed by atoms with E-state index in [0.29, 0.717) is 6.42 Å². The molecule has 0 aliphatic rings. The highest BCUT2D eigenvalue weighted by atomic mass is 16.4. The van der Waals surface area contributed by atoms with Gasteiger partial charge in [0.05, 0.1) is 0 Å². The van der Waals surface area contributed by atoms with Gasteiger partial charge in [-0.15, -0.1) is 0 Å². The first kappa shape index (κ1) is 16.2. The molecular weight excluding hydrogens is 238 g/mol. The summed E-state index contributed by atoms with van der Waals surface area (Å²) >= 11 is 0. The number of hydrogen-bond donors (Lipinski definition) is 4. The van der Waals surface area contributed by atoms with E-state index < -0.39 is 30.0 Å². The Bertz CT molecular complexity index is 317. The minimum Gasteiger partial charge on any atom is -0.480 e. The molecule has 0 aliphatic carbocycles. The number of amides is 3. The van der Waals surface area contributed by atoms with Gasteiger partial charge in [-0.2, -0.15) is 0 Å². The molecule has 0 rings (SSSR count). The molecule has 0 fully saturated rings. The number of nitrogens with one attached hydrogen (secondary N) is 2. The molecule has 0 saturated heterocycles. The standard InChI is InChI=1S/C11H21N3O4/c1-6(2)4-8(10(16)17)14-11(18)13-7(3)5-9(12)15/h6-8H,4-5H2,1-3H3,(H2,12,15)(H,16,17)(H2,13,14,18)/t7?,8-/m1/s1. The summed E-state index contributed by atoms with van der Waals surface area (Å²) in [6.45, 7) is 5.35. The molecule has 5 N–H and O–H groups in total. The zero-order chi connectivity index (χ0) is 14.3. The van der Waals surface area contributed by atoms with Crippen LogP contribution in [0.2, 0.25) is 0 Å². The summed E-state index contributed by atoms with van der Waals surface area (Å²) in [6, 6.07) is -1.99.